The zero-order valence-corrected chi connectivity index (χ0v) is 16.1. The Bertz CT molecular complexity index is 759. The van der Waals surface area contributed by atoms with Crippen LogP contribution >= 0.6 is 0 Å². The zero-order chi connectivity index (χ0) is 19.9. The van der Waals surface area contributed by atoms with Crippen molar-refractivity contribution in [1.82, 2.24) is 5.32 Å². The van der Waals surface area contributed by atoms with Gasteiger partial charge in [-0.3, -0.25) is 14.3 Å². The van der Waals surface area contributed by atoms with Gasteiger partial charge in [-0.25, -0.2) is 8.42 Å². The van der Waals surface area contributed by atoms with E-state index in [1.807, 2.05) is 0 Å². The fraction of sp³-hybridized carbons (Fsp3) is 0.556. The number of sulfonamides is 1. The minimum Gasteiger partial charge on any atom is -0.481 e. The number of hydrogen-bond acceptors (Lipinski definition) is 5. The molecule has 3 N–H and O–H groups in total. The summed E-state index contributed by atoms with van der Waals surface area (Å²) in [5, 5.41) is 12.1. The monoisotopic (exact) mass is 398 g/mol. The number of aliphatic carboxylic acids is 1. The summed E-state index contributed by atoms with van der Waals surface area (Å²) in [6.07, 6.45) is 1.73. The van der Waals surface area contributed by atoms with E-state index in [1.165, 1.54) is 12.1 Å². The number of carboxylic acids is 1. The molecule has 1 heterocycles. The van der Waals surface area contributed by atoms with Crippen molar-refractivity contribution in [3.8, 4) is 0 Å². The van der Waals surface area contributed by atoms with Crippen molar-refractivity contribution in [3.05, 3.63) is 29.8 Å². The first-order chi connectivity index (χ1) is 12.8. The molecular weight excluding hydrogens is 372 g/mol. The van der Waals surface area contributed by atoms with Gasteiger partial charge in [-0.05, 0) is 37.3 Å². The molecule has 8 nitrogen and oxygen atoms in total. The van der Waals surface area contributed by atoms with E-state index >= 15 is 0 Å². The molecule has 1 unspecified atom stereocenters. The Morgan fingerprint density at radius 3 is 2.56 bits per heavy atom. The predicted octanol–water partition coefficient (Wildman–Crippen LogP) is 1.70. The molecule has 1 saturated heterocycles. The van der Waals surface area contributed by atoms with Gasteiger partial charge in [0.2, 0.25) is 10.0 Å². The lowest BCUT2D eigenvalue weighted by Crippen LogP contribution is -2.39. The Morgan fingerprint density at radius 2 is 1.93 bits per heavy atom. The third-order valence-electron chi connectivity index (χ3n) is 4.54. The van der Waals surface area contributed by atoms with Crippen LogP contribution in [0.4, 0.5) is 5.69 Å². The number of amides is 1. The summed E-state index contributed by atoms with van der Waals surface area (Å²) in [4.78, 5) is 24.1. The molecule has 1 atom stereocenters. The average Bonchev–Trinajstić information content (AvgIpc) is 2.62. The fourth-order valence-electron chi connectivity index (χ4n) is 3.13. The van der Waals surface area contributed by atoms with Gasteiger partial charge in [0.05, 0.1) is 22.9 Å². The molecule has 1 fully saturated rings. The van der Waals surface area contributed by atoms with Crippen molar-refractivity contribution in [2.75, 3.05) is 30.2 Å². The van der Waals surface area contributed by atoms with Gasteiger partial charge in [0.25, 0.3) is 5.91 Å². The van der Waals surface area contributed by atoms with Crippen molar-refractivity contribution >= 4 is 27.6 Å². The number of carbonyl (C=O) groups excluding carboxylic acids is 1. The molecule has 9 heteroatoms. The standard InChI is InChI=1S/C18H26N2O6S/c1-2-11-27(24,25)20-16-6-4-3-5-14(16)17(21)19-12-15(18(22)23)13-7-9-26-10-8-13/h3-6,13,15,20H,2,7-12H2,1H3,(H,19,21)(H,22,23). The van der Waals surface area contributed by atoms with E-state index in [-0.39, 0.29) is 29.5 Å². The van der Waals surface area contributed by atoms with Gasteiger partial charge >= 0.3 is 5.97 Å². The minimum absolute atomic E-state index is 0.0190. The second-order valence-corrected chi connectivity index (χ2v) is 8.41. The number of para-hydroxylation sites is 1. The Kier molecular flexibility index (Phi) is 7.61. The summed E-state index contributed by atoms with van der Waals surface area (Å²) in [6.45, 7) is 2.77. The summed E-state index contributed by atoms with van der Waals surface area (Å²) >= 11 is 0. The third kappa shape index (κ3) is 6.21. The van der Waals surface area contributed by atoms with E-state index in [1.54, 1.807) is 19.1 Å². The van der Waals surface area contributed by atoms with Crippen LogP contribution in [-0.4, -0.2) is 50.9 Å². The van der Waals surface area contributed by atoms with Crippen LogP contribution in [0.1, 0.15) is 36.5 Å². The molecule has 1 aliphatic heterocycles. The number of carbonyl (C=O) groups is 2. The molecule has 0 bridgehead atoms. The molecule has 0 radical (unpaired) electrons. The fourth-order valence-corrected chi connectivity index (χ4v) is 4.28. The molecule has 1 aromatic rings. The maximum Gasteiger partial charge on any atom is 0.308 e. The van der Waals surface area contributed by atoms with Crippen LogP contribution in [-0.2, 0) is 19.6 Å². The smallest absolute Gasteiger partial charge is 0.308 e. The largest absolute Gasteiger partial charge is 0.481 e. The van der Waals surface area contributed by atoms with E-state index in [0.29, 0.717) is 32.5 Å². The maximum absolute atomic E-state index is 12.6. The number of anilines is 1. The summed E-state index contributed by atoms with van der Waals surface area (Å²) < 4.78 is 31.7. The molecule has 1 amide bonds. The molecule has 150 valence electrons. The predicted molar refractivity (Wildman–Crippen MR) is 101 cm³/mol. The van der Waals surface area contributed by atoms with Crippen LogP contribution in [0.3, 0.4) is 0 Å². The Labute approximate surface area is 159 Å². The van der Waals surface area contributed by atoms with E-state index in [9.17, 15) is 23.1 Å². The lowest BCUT2D eigenvalue weighted by atomic mass is 9.86. The Hall–Kier alpha value is -2.13. The first kappa shape index (κ1) is 21.2. The maximum atomic E-state index is 12.6. The normalized spacial score (nSPS) is 16.5. The molecule has 2 rings (SSSR count). The Morgan fingerprint density at radius 1 is 1.26 bits per heavy atom. The number of benzene rings is 1. The van der Waals surface area contributed by atoms with Crippen LogP contribution < -0.4 is 10.0 Å². The summed E-state index contributed by atoms with van der Waals surface area (Å²) in [6, 6.07) is 6.26. The highest BCUT2D eigenvalue weighted by atomic mass is 32.2. The molecule has 1 aromatic carbocycles. The second kappa shape index (κ2) is 9.70. The lowest BCUT2D eigenvalue weighted by Gasteiger charge is -2.27. The highest BCUT2D eigenvalue weighted by Gasteiger charge is 2.30. The van der Waals surface area contributed by atoms with Gasteiger partial charge in [0, 0.05) is 19.8 Å². The van der Waals surface area contributed by atoms with Gasteiger partial charge < -0.3 is 15.2 Å². The van der Waals surface area contributed by atoms with Crippen molar-refractivity contribution in [1.29, 1.82) is 0 Å². The van der Waals surface area contributed by atoms with Crippen molar-refractivity contribution in [2.24, 2.45) is 11.8 Å². The van der Waals surface area contributed by atoms with E-state index in [0.717, 1.165) is 0 Å². The summed E-state index contributed by atoms with van der Waals surface area (Å²) in [5.74, 6) is -2.28. The van der Waals surface area contributed by atoms with Crippen molar-refractivity contribution < 1.29 is 27.9 Å². The van der Waals surface area contributed by atoms with Crippen LogP contribution in [0.15, 0.2) is 24.3 Å². The molecule has 0 aromatic heterocycles. The summed E-state index contributed by atoms with van der Waals surface area (Å²) in [5.41, 5.74) is 0.342. The average molecular weight is 398 g/mol. The molecule has 0 saturated carbocycles. The van der Waals surface area contributed by atoms with Crippen molar-refractivity contribution in [3.63, 3.8) is 0 Å². The first-order valence-corrected chi connectivity index (χ1v) is 10.7. The van der Waals surface area contributed by atoms with Gasteiger partial charge in [0.15, 0.2) is 0 Å². The molecule has 0 spiro atoms. The van der Waals surface area contributed by atoms with Gasteiger partial charge in [-0.15, -0.1) is 0 Å². The van der Waals surface area contributed by atoms with Gasteiger partial charge in [-0.1, -0.05) is 19.1 Å². The van der Waals surface area contributed by atoms with Crippen LogP contribution in [0.5, 0.6) is 0 Å². The first-order valence-electron chi connectivity index (χ1n) is 9.02. The Balaban J connectivity index is 2.07. The SMILES string of the molecule is CCCS(=O)(=O)Nc1ccccc1C(=O)NCC(C(=O)O)C1CCOCC1. The number of rotatable bonds is 9. The van der Waals surface area contributed by atoms with Crippen LogP contribution in [0.25, 0.3) is 0 Å². The number of nitrogens with one attached hydrogen (secondary N) is 2. The molecular formula is C18H26N2O6S. The molecule has 27 heavy (non-hydrogen) atoms. The quantitative estimate of drug-likeness (QED) is 0.582. The molecule has 1 aliphatic rings. The number of ether oxygens (including phenoxy) is 1. The second-order valence-electron chi connectivity index (χ2n) is 6.57. The van der Waals surface area contributed by atoms with E-state index < -0.39 is 27.8 Å². The minimum atomic E-state index is -3.54. The molecule has 0 aliphatic carbocycles. The number of carboxylic acid groups (broad SMARTS) is 1. The summed E-state index contributed by atoms with van der Waals surface area (Å²) in [7, 11) is -3.54. The zero-order valence-electron chi connectivity index (χ0n) is 15.3. The number of hydrogen-bond donors (Lipinski definition) is 3. The third-order valence-corrected chi connectivity index (χ3v) is 6.02. The van der Waals surface area contributed by atoms with E-state index in [4.69, 9.17) is 4.74 Å². The topological polar surface area (TPSA) is 122 Å². The highest BCUT2D eigenvalue weighted by Crippen LogP contribution is 2.24. The van der Waals surface area contributed by atoms with Crippen LogP contribution in [0.2, 0.25) is 0 Å². The van der Waals surface area contributed by atoms with Crippen LogP contribution in [0, 0.1) is 11.8 Å². The van der Waals surface area contributed by atoms with E-state index in [2.05, 4.69) is 10.0 Å². The highest BCUT2D eigenvalue weighted by molar-refractivity contribution is 7.92. The van der Waals surface area contributed by atoms with Gasteiger partial charge in [-0.2, -0.15) is 0 Å². The van der Waals surface area contributed by atoms with Crippen molar-refractivity contribution in [2.45, 2.75) is 26.2 Å². The lowest BCUT2D eigenvalue weighted by molar-refractivity contribution is -0.144. The van der Waals surface area contributed by atoms with Gasteiger partial charge in [0.1, 0.15) is 0 Å².